The van der Waals surface area contributed by atoms with Crippen LogP contribution >= 0.6 is 0 Å². The van der Waals surface area contributed by atoms with Gasteiger partial charge >= 0.3 is 0 Å². The Hall–Kier alpha value is -2.56. The second-order valence-corrected chi connectivity index (χ2v) is 5.29. The SMILES string of the molecule is C=C(/C=C\C(=C/N)CNC(=C)/C=C\C(=C/N)NCCC)NCCC. The van der Waals surface area contributed by atoms with Gasteiger partial charge in [-0.2, -0.15) is 0 Å². The van der Waals surface area contributed by atoms with Crippen molar-refractivity contribution in [2.45, 2.75) is 26.7 Å². The van der Waals surface area contributed by atoms with Gasteiger partial charge in [0.15, 0.2) is 0 Å². The van der Waals surface area contributed by atoms with Gasteiger partial charge in [-0.15, -0.1) is 0 Å². The highest BCUT2D eigenvalue weighted by molar-refractivity contribution is 5.29. The Bertz CT molecular complexity index is 498. The summed E-state index contributed by atoms with van der Waals surface area (Å²) in [6.07, 6.45) is 12.8. The molecule has 134 valence electrons. The van der Waals surface area contributed by atoms with Gasteiger partial charge in [-0.1, -0.05) is 33.1 Å². The van der Waals surface area contributed by atoms with E-state index in [-0.39, 0.29) is 0 Å². The molecule has 7 N–H and O–H groups in total. The Morgan fingerprint density at radius 1 is 0.792 bits per heavy atom. The molecule has 0 saturated heterocycles. The van der Waals surface area contributed by atoms with Crippen LogP contribution in [-0.2, 0) is 0 Å². The van der Waals surface area contributed by atoms with Crippen molar-refractivity contribution in [3.63, 3.8) is 0 Å². The molecule has 0 aromatic heterocycles. The predicted octanol–water partition coefficient (Wildman–Crippen LogP) is 2.36. The van der Waals surface area contributed by atoms with Crippen LogP contribution in [0.3, 0.4) is 0 Å². The van der Waals surface area contributed by atoms with Crippen molar-refractivity contribution in [1.82, 2.24) is 16.0 Å². The minimum absolute atomic E-state index is 0.585. The molecule has 0 aliphatic rings. The Kier molecular flexibility index (Phi) is 12.6. The highest BCUT2D eigenvalue weighted by Crippen LogP contribution is 2.00. The first kappa shape index (κ1) is 21.4. The van der Waals surface area contributed by atoms with Crippen LogP contribution in [-0.4, -0.2) is 19.6 Å². The van der Waals surface area contributed by atoms with Crippen LogP contribution < -0.4 is 27.4 Å². The first-order valence-electron chi connectivity index (χ1n) is 8.35. The second-order valence-electron chi connectivity index (χ2n) is 5.29. The van der Waals surface area contributed by atoms with Crippen LogP contribution in [0.5, 0.6) is 0 Å². The highest BCUT2D eigenvalue weighted by Gasteiger charge is 1.95. The lowest BCUT2D eigenvalue weighted by atomic mass is 10.2. The summed E-state index contributed by atoms with van der Waals surface area (Å²) in [6, 6.07) is 0. The van der Waals surface area contributed by atoms with Gasteiger partial charge in [0, 0.05) is 42.9 Å². The monoisotopic (exact) mass is 331 g/mol. The summed E-state index contributed by atoms with van der Waals surface area (Å²) in [5, 5.41) is 9.64. The van der Waals surface area contributed by atoms with Gasteiger partial charge in [0.1, 0.15) is 0 Å². The topological polar surface area (TPSA) is 88.1 Å². The summed E-state index contributed by atoms with van der Waals surface area (Å²) < 4.78 is 0. The molecule has 0 aromatic carbocycles. The molecule has 0 atom stereocenters. The third kappa shape index (κ3) is 11.1. The van der Waals surface area contributed by atoms with E-state index in [4.69, 9.17) is 11.5 Å². The minimum Gasteiger partial charge on any atom is -0.404 e. The van der Waals surface area contributed by atoms with Crippen molar-refractivity contribution in [2.75, 3.05) is 19.6 Å². The quantitative estimate of drug-likeness (QED) is 0.334. The van der Waals surface area contributed by atoms with Crippen molar-refractivity contribution in [3.8, 4) is 0 Å². The van der Waals surface area contributed by atoms with Crippen molar-refractivity contribution < 1.29 is 0 Å². The number of rotatable bonds is 13. The van der Waals surface area contributed by atoms with E-state index in [1.807, 2.05) is 24.3 Å². The molecular formula is C19H33N5. The van der Waals surface area contributed by atoms with Gasteiger partial charge in [0.2, 0.25) is 0 Å². The number of allylic oxidation sites excluding steroid dienone is 3. The first-order chi connectivity index (χ1) is 11.6. The standard InChI is InChI=1S/C19H33N5/c1-5-11-22-16(3)7-9-18(13-20)15-24-17(4)8-10-19(14-21)23-12-6-2/h7-10,13-14,22-24H,3-6,11-12,15,20-21H2,1-2H3/b9-7-,10-8-,18-13+,19-14+. The summed E-state index contributed by atoms with van der Waals surface area (Å²) in [6.45, 7) is 14.5. The van der Waals surface area contributed by atoms with Gasteiger partial charge in [0.05, 0.1) is 0 Å². The fourth-order valence-corrected chi connectivity index (χ4v) is 1.63. The zero-order valence-electron chi connectivity index (χ0n) is 15.1. The minimum atomic E-state index is 0.585. The highest BCUT2D eigenvalue weighted by atomic mass is 14.9. The van der Waals surface area contributed by atoms with Gasteiger partial charge in [-0.3, -0.25) is 0 Å². The lowest BCUT2D eigenvalue weighted by molar-refractivity contribution is 0.782. The Labute approximate surface area is 146 Å². The van der Waals surface area contributed by atoms with Crippen LogP contribution in [0.15, 0.2) is 72.5 Å². The van der Waals surface area contributed by atoms with Crippen LogP contribution in [0.25, 0.3) is 0 Å². The molecule has 0 radical (unpaired) electrons. The molecule has 5 nitrogen and oxygen atoms in total. The molecule has 0 spiro atoms. The largest absolute Gasteiger partial charge is 0.404 e. The van der Waals surface area contributed by atoms with Crippen molar-refractivity contribution in [1.29, 1.82) is 0 Å². The molecule has 0 amide bonds. The average Bonchev–Trinajstić information content (AvgIpc) is 2.60. The maximum Gasteiger partial charge on any atom is 0.0498 e. The lowest BCUT2D eigenvalue weighted by Crippen LogP contribution is -2.16. The summed E-state index contributed by atoms with van der Waals surface area (Å²) in [4.78, 5) is 0. The number of hydrogen-bond donors (Lipinski definition) is 5. The van der Waals surface area contributed by atoms with E-state index in [0.29, 0.717) is 6.54 Å². The van der Waals surface area contributed by atoms with Gasteiger partial charge < -0.3 is 27.4 Å². The molecule has 0 heterocycles. The van der Waals surface area contributed by atoms with Crippen LogP contribution in [0, 0.1) is 0 Å². The normalized spacial score (nSPS) is 12.6. The molecule has 0 aliphatic heterocycles. The third-order valence-electron chi connectivity index (χ3n) is 3.06. The van der Waals surface area contributed by atoms with Crippen LogP contribution in [0.2, 0.25) is 0 Å². The van der Waals surface area contributed by atoms with Gasteiger partial charge in [-0.05, 0) is 42.8 Å². The fourth-order valence-electron chi connectivity index (χ4n) is 1.63. The Morgan fingerprint density at radius 2 is 1.38 bits per heavy atom. The summed E-state index contributed by atoms with van der Waals surface area (Å²) in [5.74, 6) is 0. The van der Waals surface area contributed by atoms with E-state index >= 15 is 0 Å². The van der Waals surface area contributed by atoms with Crippen molar-refractivity contribution in [2.24, 2.45) is 11.5 Å². The molecule has 0 saturated carbocycles. The molecule has 0 aromatic rings. The van der Waals surface area contributed by atoms with E-state index < -0.39 is 0 Å². The smallest absolute Gasteiger partial charge is 0.0498 e. The van der Waals surface area contributed by atoms with E-state index in [0.717, 1.165) is 48.6 Å². The summed E-state index contributed by atoms with van der Waals surface area (Å²) in [5.41, 5.74) is 14.7. The van der Waals surface area contributed by atoms with Crippen molar-refractivity contribution >= 4 is 0 Å². The number of hydrogen-bond acceptors (Lipinski definition) is 5. The van der Waals surface area contributed by atoms with E-state index in [1.165, 1.54) is 0 Å². The predicted molar refractivity (Wildman–Crippen MR) is 106 cm³/mol. The molecule has 5 heteroatoms. The molecule has 24 heavy (non-hydrogen) atoms. The number of nitrogens with two attached hydrogens (primary N) is 2. The van der Waals surface area contributed by atoms with Crippen LogP contribution in [0.1, 0.15) is 26.7 Å². The molecular weight excluding hydrogens is 298 g/mol. The van der Waals surface area contributed by atoms with Gasteiger partial charge in [0.25, 0.3) is 0 Å². The molecule has 0 bridgehead atoms. The van der Waals surface area contributed by atoms with Crippen LogP contribution in [0.4, 0.5) is 0 Å². The second kappa shape index (κ2) is 14.1. The zero-order chi connectivity index (χ0) is 18.2. The Morgan fingerprint density at radius 3 is 1.96 bits per heavy atom. The number of nitrogens with one attached hydrogen (secondary N) is 3. The average molecular weight is 332 g/mol. The maximum absolute atomic E-state index is 5.66. The fraction of sp³-hybridized carbons (Fsp3) is 0.368. The molecule has 0 unspecified atom stereocenters. The lowest BCUT2D eigenvalue weighted by Gasteiger charge is -2.08. The van der Waals surface area contributed by atoms with Crippen molar-refractivity contribution in [3.05, 3.63) is 72.5 Å². The maximum atomic E-state index is 5.66. The van der Waals surface area contributed by atoms with Gasteiger partial charge in [-0.25, -0.2) is 0 Å². The molecule has 0 rings (SSSR count). The van der Waals surface area contributed by atoms with E-state index in [9.17, 15) is 0 Å². The van der Waals surface area contributed by atoms with E-state index in [1.54, 1.807) is 12.4 Å². The molecule has 0 aliphatic carbocycles. The third-order valence-corrected chi connectivity index (χ3v) is 3.06. The van der Waals surface area contributed by atoms with E-state index in [2.05, 4.69) is 43.0 Å². The first-order valence-corrected chi connectivity index (χ1v) is 8.35. The molecule has 0 fully saturated rings. The summed E-state index contributed by atoms with van der Waals surface area (Å²) in [7, 11) is 0. The summed E-state index contributed by atoms with van der Waals surface area (Å²) >= 11 is 0. The zero-order valence-corrected chi connectivity index (χ0v) is 15.1. The Balaban J connectivity index is 4.36.